The van der Waals surface area contributed by atoms with Crippen molar-refractivity contribution >= 4 is 103 Å². The van der Waals surface area contributed by atoms with E-state index in [-0.39, 0.29) is 14.0 Å². The average molecular weight is 1030 g/mol. The molecule has 2 aliphatic rings. The summed E-state index contributed by atoms with van der Waals surface area (Å²) in [5.41, 5.74) is 22.6. The summed E-state index contributed by atoms with van der Waals surface area (Å²) in [6.07, 6.45) is 5.86. The monoisotopic (exact) mass is 1030 g/mol. The third kappa shape index (κ3) is 7.32. The Morgan fingerprint density at radius 2 is 0.838 bits per heavy atom. The van der Waals surface area contributed by atoms with Crippen molar-refractivity contribution in [1.29, 1.82) is 0 Å². The van der Waals surface area contributed by atoms with Crippen LogP contribution in [0.5, 0.6) is 0 Å². The molecular formula is C70H54B2N8. The number of hydrogen-bond acceptors (Lipinski definition) is 5. The second-order valence-electron chi connectivity index (χ2n) is 21.2. The minimum Gasteiger partial charge on any atom is -0.360 e. The average Bonchev–Trinajstić information content (AvgIpc) is 4.30. The Bertz CT molecular complexity index is 4440. The van der Waals surface area contributed by atoms with Gasteiger partial charge in [0.2, 0.25) is 0 Å². The van der Waals surface area contributed by atoms with Gasteiger partial charge in [0.25, 0.3) is 6.33 Å². The fourth-order valence-corrected chi connectivity index (χ4v) is 13.1. The Balaban J connectivity index is 0.965. The van der Waals surface area contributed by atoms with Crippen LogP contribution in [0.2, 0.25) is 0 Å². The molecule has 0 bridgehead atoms. The summed E-state index contributed by atoms with van der Waals surface area (Å²) in [4.78, 5) is 15.2. The van der Waals surface area contributed by atoms with Crippen molar-refractivity contribution in [3.05, 3.63) is 283 Å². The van der Waals surface area contributed by atoms with Crippen LogP contribution in [-0.4, -0.2) is 28.1 Å². The SMILES string of the molecule is Cc1cccc(C)c1B1N(c2ccccc2)c2ccc(-n3[c-][n+](-c4ccccc4-n4c5ccccc5c5ccccc54)c4ccccc43)cc2N1c1ccc2c(c1)N(c1ccccn1)B(c1c(C)cccc1C)N2c1ccccc1. The Kier molecular flexibility index (Phi) is 11.1. The van der Waals surface area contributed by atoms with E-state index in [9.17, 15) is 0 Å². The smallest absolute Gasteiger partial charge is 0.360 e. The van der Waals surface area contributed by atoms with Crippen molar-refractivity contribution in [3.63, 3.8) is 0 Å². The van der Waals surface area contributed by atoms with Crippen LogP contribution < -0.4 is 34.7 Å². The van der Waals surface area contributed by atoms with Crippen molar-refractivity contribution in [2.75, 3.05) is 19.2 Å². The molecule has 0 saturated carbocycles. The zero-order valence-corrected chi connectivity index (χ0v) is 45.0. The number of pyridine rings is 1. The van der Waals surface area contributed by atoms with E-state index in [1.54, 1.807) is 0 Å². The van der Waals surface area contributed by atoms with Crippen LogP contribution in [-0.2, 0) is 0 Å². The molecule has 0 N–H and O–H groups in total. The number of aryl methyl sites for hydroxylation is 4. The molecular weight excluding hydrogens is 974 g/mol. The van der Waals surface area contributed by atoms with E-state index in [1.165, 1.54) is 44.0 Å². The largest absolute Gasteiger partial charge is 0.422 e. The van der Waals surface area contributed by atoms with E-state index in [2.05, 4.69) is 310 Å². The zero-order chi connectivity index (χ0) is 53.6. The predicted octanol–water partition coefficient (Wildman–Crippen LogP) is 14.8. The van der Waals surface area contributed by atoms with Gasteiger partial charge in [-0.1, -0.05) is 174 Å². The fourth-order valence-electron chi connectivity index (χ4n) is 13.1. The number of fused-ring (bicyclic) bond motifs is 6. The summed E-state index contributed by atoms with van der Waals surface area (Å²) in [7, 11) is 0. The van der Waals surface area contributed by atoms with Crippen LogP contribution in [0.1, 0.15) is 22.3 Å². The molecule has 2 aliphatic heterocycles. The van der Waals surface area contributed by atoms with E-state index in [0.717, 1.165) is 84.8 Å². The molecule has 13 aromatic rings. The van der Waals surface area contributed by atoms with Crippen LogP contribution in [0.15, 0.2) is 255 Å². The van der Waals surface area contributed by atoms with Gasteiger partial charge in [-0.05, 0) is 136 Å². The summed E-state index contributed by atoms with van der Waals surface area (Å²) in [6, 6.07) is 90.2. The number of benzene rings is 10. The molecule has 0 fully saturated rings. The molecule has 0 atom stereocenters. The van der Waals surface area contributed by atoms with Crippen molar-refractivity contribution in [2.45, 2.75) is 27.7 Å². The highest BCUT2D eigenvalue weighted by molar-refractivity contribution is 6.86. The molecule has 3 aromatic heterocycles. The van der Waals surface area contributed by atoms with E-state index in [0.29, 0.717) is 0 Å². The van der Waals surface area contributed by atoms with Gasteiger partial charge in [-0.3, -0.25) is 9.13 Å². The molecule has 0 saturated heterocycles. The van der Waals surface area contributed by atoms with E-state index >= 15 is 0 Å². The first-order chi connectivity index (χ1) is 39.4. The molecule has 0 aliphatic carbocycles. The highest BCUT2D eigenvalue weighted by Crippen LogP contribution is 2.52. The van der Waals surface area contributed by atoms with Crippen molar-refractivity contribution in [3.8, 4) is 17.1 Å². The molecule has 0 radical (unpaired) electrons. The molecule has 380 valence electrons. The normalized spacial score (nSPS) is 13.1. The fraction of sp³-hybridized carbons (Fsp3) is 0.0571. The lowest BCUT2D eigenvalue weighted by Crippen LogP contribution is -2.55. The maximum Gasteiger partial charge on any atom is 0.422 e. The molecule has 0 unspecified atom stereocenters. The number of para-hydroxylation sites is 8. The van der Waals surface area contributed by atoms with Gasteiger partial charge in [-0.25, -0.2) is 4.98 Å². The van der Waals surface area contributed by atoms with Gasteiger partial charge >= 0.3 is 14.0 Å². The van der Waals surface area contributed by atoms with Crippen molar-refractivity contribution < 1.29 is 4.57 Å². The molecule has 0 spiro atoms. The molecule has 10 aromatic carbocycles. The summed E-state index contributed by atoms with van der Waals surface area (Å²) in [5.74, 6) is 0.876. The first kappa shape index (κ1) is 47.2. The van der Waals surface area contributed by atoms with Gasteiger partial charge in [0, 0.05) is 34.0 Å². The second kappa shape index (κ2) is 18.9. The molecule has 80 heavy (non-hydrogen) atoms. The lowest BCUT2D eigenvalue weighted by Gasteiger charge is -2.32. The first-order valence-electron chi connectivity index (χ1n) is 27.5. The van der Waals surface area contributed by atoms with Crippen LogP contribution in [0.25, 0.3) is 49.9 Å². The maximum absolute atomic E-state index is 5.13. The lowest BCUT2D eigenvalue weighted by atomic mass is 9.61. The standard InChI is InChI=1S/C70H54B2N8/c1-48-23-21-24-49(2)69(48)71-77(52-27-7-5-8-28-52)64-42-40-54(74-47-75(61-36-16-15-35-60(61)74)62-37-17-18-38-63(62)76-58-33-13-11-31-56(58)57-32-12-14-34-59(57)76)45-66(64)79(71)55-41-43-65-67(46-55)80(68-39-19-20-44-73-68)72(70-50(3)25-22-26-51(70)4)78(65)53-29-9-6-10-30-53/h5-46H,1-4H3. The topological polar surface area (TPSA) is 39.6 Å². The zero-order valence-electron chi connectivity index (χ0n) is 45.0. The van der Waals surface area contributed by atoms with E-state index < -0.39 is 0 Å². The molecule has 0 amide bonds. The second-order valence-corrected chi connectivity index (χ2v) is 21.2. The van der Waals surface area contributed by atoms with Gasteiger partial charge < -0.3 is 23.8 Å². The van der Waals surface area contributed by atoms with Crippen LogP contribution in [0.4, 0.5) is 45.6 Å². The Labute approximate surface area is 467 Å². The maximum atomic E-state index is 5.13. The number of imidazole rings is 1. The van der Waals surface area contributed by atoms with Gasteiger partial charge in [0.15, 0.2) is 0 Å². The van der Waals surface area contributed by atoms with Crippen LogP contribution in [0, 0.1) is 34.0 Å². The predicted molar refractivity (Wildman–Crippen MR) is 333 cm³/mol. The molecule has 15 rings (SSSR count). The lowest BCUT2D eigenvalue weighted by molar-refractivity contribution is -0.572. The Morgan fingerprint density at radius 3 is 1.44 bits per heavy atom. The minimum atomic E-state index is -0.264. The van der Waals surface area contributed by atoms with Crippen molar-refractivity contribution in [1.82, 2.24) is 14.1 Å². The summed E-state index contributed by atoms with van der Waals surface area (Å²) < 4.78 is 6.89. The Hall–Kier alpha value is -10.1. The third-order valence-corrected chi connectivity index (χ3v) is 16.5. The summed E-state index contributed by atoms with van der Waals surface area (Å²) in [6.45, 7) is 8.50. The highest BCUT2D eigenvalue weighted by Gasteiger charge is 2.49. The van der Waals surface area contributed by atoms with E-state index in [1.807, 2.05) is 12.3 Å². The number of hydrogen-bond donors (Lipinski definition) is 0. The van der Waals surface area contributed by atoms with Gasteiger partial charge in [0.05, 0.1) is 61.9 Å². The van der Waals surface area contributed by atoms with Crippen molar-refractivity contribution in [2.24, 2.45) is 0 Å². The number of nitrogens with zero attached hydrogens (tertiary/aromatic N) is 8. The molecule has 10 heteroatoms. The number of aromatic nitrogens is 4. The van der Waals surface area contributed by atoms with Gasteiger partial charge in [-0.2, -0.15) is 0 Å². The summed E-state index contributed by atoms with van der Waals surface area (Å²) >= 11 is 0. The third-order valence-electron chi connectivity index (χ3n) is 16.5. The number of anilines is 8. The van der Waals surface area contributed by atoms with E-state index in [4.69, 9.17) is 4.98 Å². The van der Waals surface area contributed by atoms with Gasteiger partial charge in [0.1, 0.15) is 5.82 Å². The van der Waals surface area contributed by atoms with Gasteiger partial charge in [-0.15, -0.1) is 0 Å². The van der Waals surface area contributed by atoms with Crippen LogP contribution >= 0.6 is 0 Å². The number of rotatable bonds is 9. The Morgan fingerprint density at radius 1 is 0.362 bits per heavy atom. The van der Waals surface area contributed by atoms with Crippen LogP contribution in [0.3, 0.4) is 0 Å². The minimum absolute atomic E-state index is 0.226. The summed E-state index contributed by atoms with van der Waals surface area (Å²) in [5, 5.41) is 2.45. The molecule has 8 nitrogen and oxygen atoms in total. The first-order valence-corrected chi connectivity index (χ1v) is 27.5. The quantitative estimate of drug-likeness (QED) is 0.0818. The highest BCUT2D eigenvalue weighted by atomic mass is 15.3. The molecule has 5 heterocycles.